The van der Waals surface area contributed by atoms with Crippen molar-refractivity contribution in [2.24, 2.45) is 0 Å². The Bertz CT molecular complexity index is 798. The van der Waals surface area contributed by atoms with Crippen LogP contribution in [0.2, 0.25) is 5.15 Å². The van der Waals surface area contributed by atoms with Crippen molar-refractivity contribution in [1.82, 2.24) is 9.78 Å². The highest BCUT2D eigenvalue weighted by atomic mass is 35.5. The van der Waals surface area contributed by atoms with Gasteiger partial charge in [0.25, 0.3) is 0 Å². The third-order valence-corrected chi connectivity index (χ3v) is 3.58. The molecule has 0 aliphatic carbocycles. The van der Waals surface area contributed by atoms with Crippen LogP contribution >= 0.6 is 11.6 Å². The molecule has 0 saturated heterocycles. The van der Waals surface area contributed by atoms with E-state index in [0.29, 0.717) is 12.1 Å². The Labute approximate surface area is 146 Å². The van der Waals surface area contributed by atoms with Crippen molar-refractivity contribution < 1.29 is 27.4 Å². The molecule has 0 aliphatic rings. The Morgan fingerprint density at radius 3 is 2.52 bits per heavy atom. The predicted octanol–water partition coefficient (Wildman–Crippen LogP) is 3.80. The van der Waals surface area contributed by atoms with Gasteiger partial charge in [-0.15, -0.1) is 0 Å². The van der Waals surface area contributed by atoms with Crippen molar-refractivity contribution >= 4 is 23.6 Å². The fraction of sp³-hybridized carbons (Fsp3) is 0.250. The van der Waals surface area contributed by atoms with Gasteiger partial charge in [0, 0.05) is 23.3 Å². The molecule has 1 heterocycles. The van der Waals surface area contributed by atoms with Crippen LogP contribution in [0, 0.1) is 17.5 Å². The molecule has 0 amide bonds. The van der Waals surface area contributed by atoms with Crippen molar-refractivity contribution in [2.75, 3.05) is 13.7 Å². The summed E-state index contributed by atoms with van der Waals surface area (Å²) in [6, 6.07) is 1.10. The molecule has 2 rings (SSSR count). The van der Waals surface area contributed by atoms with Gasteiger partial charge >= 0.3 is 5.97 Å². The first-order valence-electron chi connectivity index (χ1n) is 7.15. The summed E-state index contributed by atoms with van der Waals surface area (Å²) in [7, 11) is 1.39. The number of carbonyl (C=O) groups excluding carboxylic acids is 1. The van der Waals surface area contributed by atoms with Crippen LogP contribution in [-0.2, 0) is 16.0 Å². The molecule has 0 spiro atoms. The Kier molecular flexibility index (Phi) is 6.08. The quantitative estimate of drug-likeness (QED) is 0.570. The Morgan fingerprint density at radius 1 is 1.32 bits per heavy atom. The van der Waals surface area contributed by atoms with Gasteiger partial charge in [0.05, 0.1) is 26.5 Å². The molecule has 0 saturated carbocycles. The molecule has 0 N–H and O–H groups in total. The maximum Gasteiger partial charge on any atom is 0.359 e. The standard InChI is InChI=1S/C16H14ClF3N2O3/c1-3-25-16(23)14-10(4-5-24-2)15(17)22(21-14)8-11-12(19)6-9(18)7-13(11)20/h4-7H,3,8H2,1-2H3. The summed E-state index contributed by atoms with van der Waals surface area (Å²) in [5, 5.41) is 3.90. The molecular weight excluding hydrogens is 361 g/mol. The van der Waals surface area contributed by atoms with Crippen LogP contribution in [0.1, 0.15) is 28.5 Å². The summed E-state index contributed by atoms with van der Waals surface area (Å²) < 4.78 is 51.4. The molecule has 0 atom stereocenters. The molecule has 1 aromatic heterocycles. The summed E-state index contributed by atoms with van der Waals surface area (Å²) in [5.74, 6) is -3.97. The van der Waals surface area contributed by atoms with E-state index in [0.717, 1.165) is 4.68 Å². The topological polar surface area (TPSA) is 53.3 Å². The zero-order chi connectivity index (χ0) is 18.6. The van der Waals surface area contributed by atoms with E-state index < -0.39 is 35.5 Å². The lowest BCUT2D eigenvalue weighted by molar-refractivity contribution is 0.0518. The number of ether oxygens (including phenoxy) is 2. The third kappa shape index (κ3) is 4.14. The van der Waals surface area contributed by atoms with Gasteiger partial charge in [-0.3, -0.25) is 0 Å². The number of aromatic nitrogens is 2. The number of benzene rings is 1. The smallest absolute Gasteiger partial charge is 0.359 e. The summed E-state index contributed by atoms with van der Waals surface area (Å²) in [5.41, 5.74) is -0.406. The molecule has 0 radical (unpaired) electrons. The average molecular weight is 375 g/mol. The van der Waals surface area contributed by atoms with Crippen LogP contribution < -0.4 is 0 Å². The first kappa shape index (κ1) is 18.9. The second-order valence-corrected chi connectivity index (χ2v) is 5.18. The second-order valence-electron chi connectivity index (χ2n) is 4.82. The molecule has 0 fully saturated rings. The third-order valence-electron chi connectivity index (χ3n) is 3.18. The molecule has 5 nitrogen and oxygen atoms in total. The Hall–Kier alpha value is -2.48. The predicted molar refractivity (Wildman–Crippen MR) is 84.7 cm³/mol. The van der Waals surface area contributed by atoms with Gasteiger partial charge in [-0.1, -0.05) is 11.6 Å². The molecule has 1 aromatic carbocycles. The van der Waals surface area contributed by atoms with Gasteiger partial charge in [0.1, 0.15) is 22.6 Å². The molecule has 9 heteroatoms. The summed E-state index contributed by atoms with van der Waals surface area (Å²) in [4.78, 5) is 12.0. The fourth-order valence-corrected chi connectivity index (χ4v) is 2.32. The SMILES string of the molecule is CCOC(=O)c1nn(Cc2c(F)cc(F)cc2F)c(Cl)c1C=COC. The Morgan fingerprint density at radius 2 is 1.96 bits per heavy atom. The lowest BCUT2D eigenvalue weighted by Gasteiger charge is -2.06. The van der Waals surface area contributed by atoms with E-state index in [4.69, 9.17) is 21.1 Å². The van der Waals surface area contributed by atoms with E-state index in [1.165, 1.54) is 19.4 Å². The number of nitrogens with zero attached hydrogens (tertiary/aromatic N) is 2. The number of hydrogen-bond donors (Lipinski definition) is 0. The molecule has 0 aliphatic heterocycles. The van der Waals surface area contributed by atoms with Crippen molar-refractivity contribution in [2.45, 2.75) is 13.5 Å². The van der Waals surface area contributed by atoms with E-state index in [1.54, 1.807) is 6.92 Å². The largest absolute Gasteiger partial charge is 0.504 e. The van der Waals surface area contributed by atoms with E-state index in [-0.39, 0.29) is 23.0 Å². The summed E-state index contributed by atoms with van der Waals surface area (Å²) in [6.45, 7) is 1.28. The molecule has 25 heavy (non-hydrogen) atoms. The maximum atomic E-state index is 13.8. The van der Waals surface area contributed by atoms with Crippen LogP contribution in [0.15, 0.2) is 18.4 Å². The van der Waals surface area contributed by atoms with E-state index in [9.17, 15) is 18.0 Å². The molecular formula is C16H14ClF3N2O3. The van der Waals surface area contributed by atoms with Crippen LogP contribution in [0.4, 0.5) is 13.2 Å². The molecule has 134 valence electrons. The van der Waals surface area contributed by atoms with E-state index in [2.05, 4.69) is 5.10 Å². The number of rotatable bonds is 6. The van der Waals surface area contributed by atoms with Gasteiger partial charge in [0.2, 0.25) is 0 Å². The van der Waals surface area contributed by atoms with Gasteiger partial charge < -0.3 is 9.47 Å². The molecule has 2 aromatic rings. The zero-order valence-electron chi connectivity index (χ0n) is 13.4. The normalized spacial score (nSPS) is 11.1. The van der Waals surface area contributed by atoms with E-state index in [1.807, 2.05) is 0 Å². The van der Waals surface area contributed by atoms with Crippen LogP contribution in [0.5, 0.6) is 0 Å². The van der Waals surface area contributed by atoms with Gasteiger partial charge in [-0.25, -0.2) is 22.6 Å². The van der Waals surface area contributed by atoms with Crippen molar-refractivity contribution in [3.05, 3.63) is 57.8 Å². The van der Waals surface area contributed by atoms with Crippen LogP contribution in [-0.4, -0.2) is 29.5 Å². The first-order chi connectivity index (χ1) is 11.9. The maximum absolute atomic E-state index is 13.8. The zero-order valence-corrected chi connectivity index (χ0v) is 14.1. The minimum Gasteiger partial charge on any atom is -0.504 e. The molecule has 0 bridgehead atoms. The van der Waals surface area contributed by atoms with Crippen molar-refractivity contribution in [3.8, 4) is 0 Å². The van der Waals surface area contributed by atoms with Gasteiger partial charge in [-0.2, -0.15) is 5.10 Å². The number of esters is 1. The summed E-state index contributed by atoms with van der Waals surface area (Å²) in [6.07, 6.45) is 2.63. The minimum absolute atomic E-state index is 0.0560. The lowest BCUT2D eigenvalue weighted by Crippen LogP contribution is -2.10. The Balaban J connectivity index is 2.49. The van der Waals surface area contributed by atoms with Gasteiger partial charge in [-0.05, 0) is 13.0 Å². The minimum atomic E-state index is -1.09. The first-order valence-corrected chi connectivity index (χ1v) is 7.53. The van der Waals surface area contributed by atoms with Gasteiger partial charge in [0.15, 0.2) is 5.69 Å². The average Bonchev–Trinajstić information content (AvgIpc) is 2.85. The monoisotopic (exact) mass is 374 g/mol. The second kappa shape index (κ2) is 8.06. The van der Waals surface area contributed by atoms with Crippen LogP contribution in [0.25, 0.3) is 6.08 Å². The van der Waals surface area contributed by atoms with Crippen LogP contribution in [0.3, 0.4) is 0 Å². The number of carbonyl (C=O) groups is 1. The van der Waals surface area contributed by atoms with Crippen molar-refractivity contribution in [1.29, 1.82) is 0 Å². The summed E-state index contributed by atoms with van der Waals surface area (Å²) >= 11 is 6.16. The fourth-order valence-electron chi connectivity index (χ4n) is 2.07. The van der Waals surface area contributed by atoms with Crippen molar-refractivity contribution in [3.63, 3.8) is 0 Å². The molecule has 0 unspecified atom stereocenters. The lowest BCUT2D eigenvalue weighted by atomic mass is 10.2. The number of hydrogen-bond acceptors (Lipinski definition) is 4. The highest BCUT2D eigenvalue weighted by Crippen LogP contribution is 2.25. The number of halogens is 4. The number of methoxy groups -OCH3 is 1. The van der Waals surface area contributed by atoms with E-state index >= 15 is 0 Å². The highest BCUT2D eigenvalue weighted by molar-refractivity contribution is 6.31. The highest BCUT2D eigenvalue weighted by Gasteiger charge is 2.23.